The molecule has 2 aromatic carbocycles. The predicted molar refractivity (Wildman–Crippen MR) is 124 cm³/mol. The highest BCUT2D eigenvalue weighted by Crippen LogP contribution is 2.33. The molecule has 168 valence electrons. The number of rotatable bonds is 7. The number of benzene rings is 2. The first kappa shape index (κ1) is 21.0. The highest BCUT2D eigenvalue weighted by Gasteiger charge is 2.35. The Bertz CT molecular complexity index is 1070. The van der Waals surface area contributed by atoms with Crippen LogP contribution in [0.5, 0.6) is 5.75 Å². The minimum Gasteiger partial charge on any atom is -0.494 e. The van der Waals surface area contributed by atoms with Gasteiger partial charge in [0.05, 0.1) is 30.9 Å². The fourth-order valence-corrected chi connectivity index (χ4v) is 4.73. The van der Waals surface area contributed by atoms with Crippen LogP contribution in [-0.4, -0.2) is 66.4 Å². The molecule has 0 aliphatic carbocycles. The Kier molecular flexibility index (Phi) is 6.10. The van der Waals surface area contributed by atoms with E-state index in [0.717, 1.165) is 67.7 Å². The summed E-state index contributed by atoms with van der Waals surface area (Å²) in [4.78, 5) is 22.2. The molecular weight excluding hydrogens is 404 g/mol. The third kappa shape index (κ3) is 4.23. The van der Waals surface area contributed by atoms with Crippen molar-refractivity contribution in [2.24, 2.45) is 0 Å². The van der Waals surface area contributed by atoms with Crippen molar-refractivity contribution in [3.05, 3.63) is 54.4 Å². The van der Waals surface area contributed by atoms with Crippen LogP contribution >= 0.6 is 0 Å². The minimum absolute atomic E-state index is 0.0751. The van der Waals surface area contributed by atoms with Gasteiger partial charge in [-0.25, -0.2) is 4.98 Å². The van der Waals surface area contributed by atoms with E-state index in [-0.39, 0.29) is 11.8 Å². The minimum atomic E-state index is 0.0751. The first-order valence-electron chi connectivity index (χ1n) is 11.5. The molecule has 0 bridgehead atoms. The summed E-state index contributed by atoms with van der Waals surface area (Å²) in [6.45, 7) is 8.60. The molecule has 1 unspecified atom stereocenters. The fraction of sp³-hybridized carbons (Fsp3) is 0.440. The molecule has 3 aromatic rings. The maximum atomic E-state index is 12.9. The lowest BCUT2D eigenvalue weighted by Gasteiger charge is -2.27. The number of fused-ring (bicyclic) bond motifs is 1. The van der Waals surface area contributed by atoms with Gasteiger partial charge in [0.2, 0.25) is 5.91 Å². The van der Waals surface area contributed by atoms with Crippen LogP contribution in [0, 0.1) is 0 Å². The summed E-state index contributed by atoms with van der Waals surface area (Å²) in [5, 5.41) is 0. The van der Waals surface area contributed by atoms with Gasteiger partial charge in [0.1, 0.15) is 11.6 Å². The molecule has 7 heteroatoms. The van der Waals surface area contributed by atoms with Crippen molar-refractivity contribution in [1.82, 2.24) is 14.5 Å². The van der Waals surface area contributed by atoms with Crippen molar-refractivity contribution in [3.63, 3.8) is 0 Å². The molecule has 2 aliphatic rings. The molecule has 2 aliphatic heterocycles. The molecular formula is C25H30N4O3. The Balaban J connectivity index is 1.38. The van der Waals surface area contributed by atoms with Gasteiger partial charge in [-0.05, 0) is 43.3 Å². The van der Waals surface area contributed by atoms with E-state index >= 15 is 0 Å². The van der Waals surface area contributed by atoms with Gasteiger partial charge in [-0.1, -0.05) is 12.1 Å². The summed E-state index contributed by atoms with van der Waals surface area (Å²) in [7, 11) is 0. The van der Waals surface area contributed by atoms with E-state index in [9.17, 15) is 4.79 Å². The number of imidazole rings is 1. The first-order chi connectivity index (χ1) is 15.7. The van der Waals surface area contributed by atoms with Crippen molar-refractivity contribution < 1.29 is 14.3 Å². The Morgan fingerprint density at radius 1 is 1.06 bits per heavy atom. The van der Waals surface area contributed by atoms with E-state index in [0.29, 0.717) is 19.6 Å². The number of para-hydroxylation sites is 2. The van der Waals surface area contributed by atoms with Crippen molar-refractivity contribution >= 4 is 22.6 Å². The number of ether oxygens (including phenoxy) is 2. The van der Waals surface area contributed by atoms with E-state index in [1.54, 1.807) is 0 Å². The Hall–Kier alpha value is -2.90. The number of carbonyl (C=O) groups is 1. The summed E-state index contributed by atoms with van der Waals surface area (Å²) in [5.41, 5.74) is 3.05. The predicted octanol–water partition coefficient (Wildman–Crippen LogP) is 3.29. The monoisotopic (exact) mass is 434 g/mol. The van der Waals surface area contributed by atoms with Crippen LogP contribution in [0.3, 0.4) is 0 Å². The maximum absolute atomic E-state index is 12.9. The topological polar surface area (TPSA) is 59.8 Å². The van der Waals surface area contributed by atoms with Gasteiger partial charge in [0.25, 0.3) is 0 Å². The molecule has 3 heterocycles. The molecule has 2 fully saturated rings. The van der Waals surface area contributed by atoms with Crippen molar-refractivity contribution in [2.45, 2.75) is 25.8 Å². The van der Waals surface area contributed by atoms with Gasteiger partial charge >= 0.3 is 0 Å². The van der Waals surface area contributed by atoms with E-state index in [2.05, 4.69) is 27.7 Å². The van der Waals surface area contributed by atoms with Crippen molar-refractivity contribution in [3.8, 4) is 5.75 Å². The summed E-state index contributed by atoms with van der Waals surface area (Å²) >= 11 is 0. The van der Waals surface area contributed by atoms with Gasteiger partial charge in [-0.3, -0.25) is 9.69 Å². The van der Waals surface area contributed by atoms with Gasteiger partial charge in [0.15, 0.2) is 0 Å². The van der Waals surface area contributed by atoms with Crippen LogP contribution < -0.4 is 9.64 Å². The SMILES string of the molecule is CCOc1ccc(N2CC(c3nc4ccccc4n3CCN3CCOCC3)CC2=O)cc1. The van der Waals surface area contributed by atoms with Crippen LogP contribution in [0.4, 0.5) is 5.69 Å². The van der Waals surface area contributed by atoms with Gasteiger partial charge in [0, 0.05) is 50.7 Å². The van der Waals surface area contributed by atoms with Crippen molar-refractivity contribution in [1.29, 1.82) is 0 Å². The van der Waals surface area contributed by atoms with E-state index < -0.39 is 0 Å². The zero-order valence-corrected chi connectivity index (χ0v) is 18.6. The van der Waals surface area contributed by atoms with Crippen LogP contribution in [0.1, 0.15) is 25.1 Å². The number of hydrogen-bond acceptors (Lipinski definition) is 5. The molecule has 5 rings (SSSR count). The lowest BCUT2D eigenvalue weighted by Crippen LogP contribution is -2.38. The maximum Gasteiger partial charge on any atom is 0.227 e. The molecule has 7 nitrogen and oxygen atoms in total. The Labute approximate surface area is 188 Å². The number of aromatic nitrogens is 2. The molecule has 1 atom stereocenters. The zero-order chi connectivity index (χ0) is 21.9. The zero-order valence-electron chi connectivity index (χ0n) is 18.6. The molecule has 32 heavy (non-hydrogen) atoms. The average Bonchev–Trinajstić information content (AvgIpc) is 3.39. The first-order valence-corrected chi connectivity index (χ1v) is 11.5. The Morgan fingerprint density at radius 3 is 2.62 bits per heavy atom. The van der Waals surface area contributed by atoms with Crippen LogP contribution in [0.15, 0.2) is 48.5 Å². The number of morpholine rings is 1. The van der Waals surface area contributed by atoms with Gasteiger partial charge in [-0.15, -0.1) is 0 Å². The van der Waals surface area contributed by atoms with Crippen LogP contribution in [-0.2, 0) is 16.1 Å². The third-order valence-corrected chi connectivity index (χ3v) is 6.38. The lowest BCUT2D eigenvalue weighted by molar-refractivity contribution is -0.117. The molecule has 0 spiro atoms. The van der Waals surface area contributed by atoms with E-state index in [4.69, 9.17) is 14.5 Å². The second kappa shape index (κ2) is 9.30. The molecule has 0 saturated carbocycles. The molecule has 1 amide bonds. The van der Waals surface area contributed by atoms with Crippen molar-refractivity contribution in [2.75, 3.05) is 50.9 Å². The van der Waals surface area contributed by atoms with Gasteiger partial charge < -0.3 is 18.9 Å². The lowest BCUT2D eigenvalue weighted by atomic mass is 10.1. The second-order valence-corrected chi connectivity index (χ2v) is 8.40. The smallest absolute Gasteiger partial charge is 0.227 e. The normalized spacial score (nSPS) is 19.7. The molecule has 0 radical (unpaired) electrons. The van der Waals surface area contributed by atoms with Crippen LogP contribution in [0.25, 0.3) is 11.0 Å². The standard InChI is InChI=1S/C25H30N4O3/c1-2-32-21-9-7-20(8-10-21)29-18-19(17-24(29)30)25-26-22-5-3-4-6-23(22)28(25)12-11-27-13-15-31-16-14-27/h3-10,19H,2,11-18H2,1H3. The largest absolute Gasteiger partial charge is 0.494 e. The fourth-order valence-electron chi connectivity index (χ4n) is 4.73. The highest BCUT2D eigenvalue weighted by atomic mass is 16.5. The number of nitrogens with zero attached hydrogens (tertiary/aromatic N) is 4. The summed E-state index contributed by atoms with van der Waals surface area (Å²) in [6, 6.07) is 16.1. The Morgan fingerprint density at radius 2 is 1.84 bits per heavy atom. The number of amides is 1. The summed E-state index contributed by atoms with van der Waals surface area (Å²) in [5.74, 6) is 2.06. The quantitative estimate of drug-likeness (QED) is 0.571. The second-order valence-electron chi connectivity index (χ2n) is 8.40. The van der Waals surface area contributed by atoms with Gasteiger partial charge in [-0.2, -0.15) is 0 Å². The molecule has 0 N–H and O–H groups in total. The number of carbonyl (C=O) groups excluding carboxylic acids is 1. The summed E-state index contributed by atoms with van der Waals surface area (Å²) < 4.78 is 13.3. The average molecular weight is 435 g/mol. The molecule has 2 saturated heterocycles. The number of anilines is 1. The summed E-state index contributed by atoms with van der Waals surface area (Å²) in [6.07, 6.45) is 0.480. The highest BCUT2D eigenvalue weighted by molar-refractivity contribution is 5.96. The number of hydrogen-bond donors (Lipinski definition) is 0. The van der Waals surface area contributed by atoms with Crippen LogP contribution in [0.2, 0.25) is 0 Å². The molecule has 1 aromatic heterocycles. The van der Waals surface area contributed by atoms with E-state index in [1.165, 1.54) is 0 Å². The third-order valence-electron chi connectivity index (χ3n) is 6.38. The van der Waals surface area contributed by atoms with E-state index in [1.807, 2.05) is 42.2 Å².